The highest BCUT2D eigenvalue weighted by molar-refractivity contribution is 8.01. The Morgan fingerprint density at radius 3 is 2.88 bits per heavy atom. The lowest BCUT2D eigenvalue weighted by Crippen LogP contribution is -1.99. The van der Waals surface area contributed by atoms with E-state index in [1.54, 1.807) is 0 Å². The average molecular weight is 269 g/mol. The molecule has 88 valence electrons. The summed E-state index contributed by atoms with van der Waals surface area (Å²) in [6.07, 6.45) is 0. The van der Waals surface area contributed by atoms with E-state index in [2.05, 4.69) is 4.98 Å². The number of hydrogen-bond acceptors (Lipinski definition) is 4. The summed E-state index contributed by atoms with van der Waals surface area (Å²) in [5.74, 6) is -1.69. The van der Waals surface area contributed by atoms with Gasteiger partial charge in [0, 0.05) is 16.0 Å². The number of aromatic nitrogens is 1. The number of thiazole rings is 1. The number of aryl methyl sites for hydroxylation is 1. The smallest absolute Gasteiger partial charge is 0.336 e. The quantitative estimate of drug-likeness (QED) is 0.927. The van der Waals surface area contributed by atoms with Gasteiger partial charge in [-0.15, -0.1) is 11.3 Å². The molecule has 17 heavy (non-hydrogen) atoms. The van der Waals surface area contributed by atoms with Gasteiger partial charge in [-0.25, -0.2) is 14.2 Å². The maximum Gasteiger partial charge on any atom is 0.336 e. The Morgan fingerprint density at radius 2 is 2.29 bits per heavy atom. The van der Waals surface area contributed by atoms with Crippen LogP contribution in [0.15, 0.2) is 32.8 Å². The zero-order valence-corrected chi connectivity index (χ0v) is 10.4. The predicted molar refractivity (Wildman–Crippen MR) is 64.3 cm³/mol. The third kappa shape index (κ3) is 2.83. The van der Waals surface area contributed by atoms with Crippen molar-refractivity contribution in [3.8, 4) is 0 Å². The molecule has 0 amide bonds. The van der Waals surface area contributed by atoms with Crippen LogP contribution < -0.4 is 0 Å². The highest BCUT2D eigenvalue weighted by Crippen LogP contribution is 2.32. The lowest BCUT2D eigenvalue weighted by atomic mass is 10.2. The van der Waals surface area contributed by atoms with Crippen molar-refractivity contribution in [2.24, 2.45) is 0 Å². The van der Waals surface area contributed by atoms with Crippen LogP contribution in [0.5, 0.6) is 0 Å². The van der Waals surface area contributed by atoms with Crippen LogP contribution in [0, 0.1) is 12.7 Å². The van der Waals surface area contributed by atoms with Gasteiger partial charge in [-0.2, -0.15) is 0 Å². The minimum atomic E-state index is -1.14. The Bertz CT molecular complexity index is 568. The van der Waals surface area contributed by atoms with Crippen molar-refractivity contribution in [3.63, 3.8) is 0 Å². The van der Waals surface area contributed by atoms with Crippen molar-refractivity contribution in [2.45, 2.75) is 16.2 Å². The first-order valence-corrected chi connectivity index (χ1v) is 6.38. The Kier molecular flexibility index (Phi) is 3.44. The lowest BCUT2D eigenvalue weighted by molar-refractivity contribution is 0.0692. The third-order valence-electron chi connectivity index (χ3n) is 1.97. The summed E-state index contributed by atoms with van der Waals surface area (Å²) in [6.45, 7) is 1.86. The first-order chi connectivity index (χ1) is 8.06. The Labute approximate surface area is 105 Å². The number of nitrogens with zero attached hydrogens (tertiary/aromatic N) is 1. The van der Waals surface area contributed by atoms with Crippen molar-refractivity contribution >= 4 is 29.1 Å². The van der Waals surface area contributed by atoms with E-state index in [0.717, 1.165) is 16.1 Å². The lowest BCUT2D eigenvalue weighted by Gasteiger charge is -2.03. The van der Waals surface area contributed by atoms with E-state index in [9.17, 15) is 9.18 Å². The second-order valence-electron chi connectivity index (χ2n) is 3.30. The number of benzene rings is 1. The second kappa shape index (κ2) is 4.85. The zero-order chi connectivity index (χ0) is 12.4. The molecule has 0 aliphatic rings. The van der Waals surface area contributed by atoms with Gasteiger partial charge < -0.3 is 5.11 Å². The number of carboxylic acid groups (broad SMARTS) is 1. The molecule has 6 heteroatoms. The molecule has 0 saturated heterocycles. The first-order valence-electron chi connectivity index (χ1n) is 4.69. The third-order valence-corrected chi connectivity index (χ3v) is 4.10. The van der Waals surface area contributed by atoms with Gasteiger partial charge in [-0.3, -0.25) is 0 Å². The summed E-state index contributed by atoms with van der Waals surface area (Å²) in [4.78, 5) is 15.7. The van der Waals surface area contributed by atoms with Crippen molar-refractivity contribution in [3.05, 3.63) is 40.7 Å². The highest BCUT2D eigenvalue weighted by Gasteiger charge is 2.13. The fourth-order valence-corrected chi connectivity index (χ4v) is 3.13. The molecule has 2 rings (SSSR count). The largest absolute Gasteiger partial charge is 0.478 e. The standard InChI is InChI=1S/C11H8FNO2S2/c1-6-5-16-11(13-6)17-9-3-2-7(12)4-8(9)10(14)15/h2-5H,1H3,(H,14,15). The molecule has 0 aliphatic carbocycles. The zero-order valence-electron chi connectivity index (χ0n) is 8.81. The monoisotopic (exact) mass is 269 g/mol. The summed E-state index contributed by atoms with van der Waals surface area (Å²) in [5, 5.41) is 10.9. The predicted octanol–water partition coefficient (Wildman–Crippen LogP) is 3.44. The van der Waals surface area contributed by atoms with Crippen LogP contribution in [0.4, 0.5) is 4.39 Å². The molecule has 1 aromatic heterocycles. The van der Waals surface area contributed by atoms with Gasteiger partial charge in [-0.1, -0.05) is 11.8 Å². The van der Waals surface area contributed by atoms with Crippen LogP contribution in [0.2, 0.25) is 0 Å². The molecular formula is C11H8FNO2S2. The fraction of sp³-hybridized carbons (Fsp3) is 0.0909. The van der Waals surface area contributed by atoms with Gasteiger partial charge in [0.2, 0.25) is 0 Å². The molecule has 0 unspecified atom stereocenters. The Balaban J connectivity index is 2.35. The topological polar surface area (TPSA) is 50.2 Å². The van der Waals surface area contributed by atoms with Gasteiger partial charge in [0.05, 0.1) is 5.56 Å². The number of carboxylic acids is 1. The molecule has 0 bridgehead atoms. The van der Waals surface area contributed by atoms with E-state index in [1.165, 1.54) is 35.2 Å². The van der Waals surface area contributed by atoms with Crippen molar-refractivity contribution < 1.29 is 14.3 Å². The molecule has 0 fully saturated rings. The van der Waals surface area contributed by atoms with E-state index in [-0.39, 0.29) is 5.56 Å². The molecule has 3 nitrogen and oxygen atoms in total. The maximum absolute atomic E-state index is 13.0. The van der Waals surface area contributed by atoms with Crippen molar-refractivity contribution in [1.82, 2.24) is 4.98 Å². The maximum atomic E-state index is 13.0. The second-order valence-corrected chi connectivity index (χ2v) is 5.45. The molecule has 0 radical (unpaired) electrons. The van der Waals surface area contributed by atoms with Gasteiger partial charge in [-0.05, 0) is 25.1 Å². The minimum absolute atomic E-state index is 0.0390. The Morgan fingerprint density at radius 1 is 1.53 bits per heavy atom. The van der Waals surface area contributed by atoms with Crippen LogP contribution in [-0.2, 0) is 0 Å². The van der Waals surface area contributed by atoms with Crippen molar-refractivity contribution in [2.75, 3.05) is 0 Å². The molecule has 2 aromatic rings. The number of hydrogen-bond donors (Lipinski definition) is 1. The van der Waals surface area contributed by atoms with Gasteiger partial charge in [0.25, 0.3) is 0 Å². The molecule has 1 N–H and O–H groups in total. The van der Waals surface area contributed by atoms with E-state index in [1.807, 2.05) is 12.3 Å². The summed E-state index contributed by atoms with van der Waals surface area (Å²) in [7, 11) is 0. The SMILES string of the molecule is Cc1csc(Sc2ccc(F)cc2C(=O)O)n1. The number of aromatic carboxylic acids is 1. The summed E-state index contributed by atoms with van der Waals surface area (Å²) >= 11 is 2.67. The van der Waals surface area contributed by atoms with Gasteiger partial charge in [0.15, 0.2) is 4.34 Å². The van der Waals surface area contributed by atoms with E-state index < -0.39 is 11.8 Å². The highest BCUT2D eigenvalue weighted by atomic mass is 32.2. The Hall–Kier alpha value is -1.40. The molecular weight excluding hydrogens is 261 g/mol. The molecule has 1 heterocycles. The first kappa shape index (κ1) is 12.1. The number of halogens is 1. The molecule has 0 aliphatic heterocycles. The summed E-state index contributed by atoms with van der Waals surface area (Å²) in [5.41, 5.74) is 0.847. The molecule has 0 saturated carbocycles. The summed E-state index contributed by atoms with van der Waals surface area (Å²) < 4.78 is 13.7. The number of rotatable bonds is 3. The number of carbonyl (C=O) groups is 1. The average Bonchev–Trinajstić information content (AvgIpc) is 2.66. The van der Waals surface area contributed by atoms with Crippen LogP contribution >= 0.6 is 23.1 Å². The molecule has 0 spiro atoms. The van der Waals surface area contributed by atoms with Crippen LogP contribution in [0.25, 0.3) is 0 Å². The van der Waals surface area contributed by atoms with Crippen molar-refractivity contribution in [1.29, 1.82) is 0 Å². The molecule has 1 aromatic carbocycles. The van der Waals surface area contributed by atoms with Crippen LogP contribution in [0.1, 0.15) is 16.1 Å². The van der Waals surface area contributed by atoms with Gasteiger partial charge >= 0.3 is 5.97 Å². The summed E-state index contributed by atoms with van der Waals surface area (Å²) in [6, 6.07) is 3.72. The van der Waals surface area contributed by atoms with Crippen LogP contribution in [-0.4, -0.2) is 16.1 Å². The minimum Gasteiger partial charge on any atom is -0.478 e. The normalized spacial score (nSPS) is 10.5. The fourth-order valence-electron chi connectivity index (χ4n) is 1.23. The molecule has 0 atom stereocenters. The van der Waals surface area contributed by atoms with E-state index >= 15 is 0 Å². The van der Waals surface area contributed by atoms with E-state index in [4.69, 9.17) is 5.11 Å². The van der Waals surface area contributed by atoms with Gasteiger partial charge in [0.1, 0.15) is 5.82 Å². The van der Waals surface area contributed by atoms with E-state index in [0.29, 0.717) is 4.90 Å². The van der Waals surface area contributed by atoms with Crippen LogP contribution in [0.3, 0.4) is 0 Å².